The largest absolute Gasteiger partial charge is 1.00 e. The van der Waals surface area contributed by atoms with Crippen molar-refractivity contribution in [1.82, 2.24) is 0 Å². The number of rotatable bonds is 39. The van der Waals surface area contributed by atoms with E-state index in [2.05, 4.69) is 28.1 Å². The summed E-state index contributed by atoms with van der Waals surface area (Å²) in [7, 11) is -5.47. The SMILES string of the molecule is [2H]C([2H])([2H])C([2H])([2H])C([2H])([2H])C([2H])([2H])C([2H])([2H])C([2H])([2H])C([2H])([2H])C([2H])([2H])C([2H])([2H])C([2H])([2H])C([2H])([2H])C([2H])([2H])C([2H])([2H])C([2H])([2H])C([2H])([2H])C(=O)OC[C@H](COP(=O)([O-])OCC(O)CO)OC(=O)CCCCCCC/C=C/CCCCCCCC.[Na+]. The number of carbonyl (C=O) groups is 2. The smallest absolute Gasteiger partial charge is 0.756 e. The normalized spacial score (nSPS) is 26.7. The van der Waals surface area contributed by atoms with Crippen LogP contribution in [0.5, 0.6) is 0 Å². The molecule has 0 aromatic carbocycles. The molecule has 0 aliphatic carbocycles. The van der Waals surface area contributed by atoms with Gasteiger partial charge in [0.05, 0.1) is 19.8 Å². The third-order valence-corrected chi connectivity index (χ3v) is 7.24. The van der Waals surface area contributed by atoms with Crippen molar-refractivity contribution in [2.75, 3.05) is 26.4 Å². The van der Waals surface area contributed by atoms with Gasteiger partial charge < -0.3 is 33.6 Å². The predicted molar refractivity (Wildman–Crippen MR) is 203 cm³/mol. The zero-order valence-corrected chi connectivity index (χ0v) is 33.0. The minimum Gasteiger partial charge on any atom is -0.756 e. The number of phosphoric acid groups is 1. The van der Waals surface area contributed by atoms with Crippen molar-refractivity contribution in [3.63, 3.8) is 0 Å². The first kappa shape index (κ1) is 20.4. The second-order valence-corrected chi connectivity index (χ2v) is 12.1. The van der Waals surface area contributed by atoms with E-state index in [1.165, 1.54) is 25.7 Å². The molecule has 0 spiro atoms. The van der Waals surface area contributed by atoms with Crippen molar-refractivity contribution in [1.29, 1.82) is 0 Å². The molecule has 2 unspecified atom stereocenters. The van der Waals surface area contributed by atoms with Gasteiger partial charge in [-0.25, -0.2) is 0 Å². The molecule has 10 nitrogen and oxygen atoms in total. The van der Waals surface area contributed by atoms with Gasteiger partial charge in [0.25, 0.3) is 7.82 Å². The summed E-state index contributed by atoms with van der Waals surface area (Å²) in [5, 5.41) is 18.4. The van der Waals surface area contributed by atoms with E-state index >= 15 is 0 Å². The molecule has 0 saturated carbocycles. The number of hydrogen-bond donors (Lipinski definition) is 2. The Morgan fingerprint density at radius 2 is 1.23 bits per heavy atom. The van der Waals surface area contributed by atoms with Crippen molar-refractivity contribution < 1.29 is 120 Å². The summed E-state index contributed by atoms with van der Waals surface area (Å²) in [6.07, 6.45) is -58.3. The molecule has 0 saturated heterocycles. The minimum absolute atomic E-state index is 0. The number of aliphatic hydroxyl groups is 2. The van der Waals surface area contributed by atoms with E-state index in [-0.39, 0.29) is 42.4 Å². The number of phosphoric ester groups is 1. The molecule has 0 aliphatic heterocycles. The Kier molecular flexibility index (Phi) is 15.8. The zero-order valence-electron chi connectivity index (χ0n) is 61.1. The number of hydrogen-bond acceptors (Lipinski definition) is 10. The van der Waals surface area contributed by atoms with Crippen LogP contribution < -0.4 is 34.5 Å². The summed E-state index contributed by atoms with van der Waals surface area (Å²) in [4.78, 5) is 38.6. The molecule has 0 aromatic heterocycles. The second kappa shape index (κ2) is 40.4. The van der Waals surface area contributed by atoms with Crippen LogP contribution >= 0.6 is 7.82 Å². The first-order valence-corrected chi connectivity index (χ1v) is 18.3. The third kappa shape index (κ3) is 39.4. The van der Waals surface area contributed by atoms with Crippen molar-refractivity contribution in [3.8, 4) is 0 Å². The standard InChI is InChI=1S/C40H77O10P.Na/c1-3-5-7-9-11-13-15-17-18-20-22-24-26-28-30-32-40(44)50-38(36-49-51(45,46)48-34-37(42)33-41)35-47-39(43)31-29-27-25-23-21-19-16-14-12-10-8-6-4-2;/h17-18,37-38,41-42H,3-16,19-36H2,1-2H3,(H,45,46);/q;+1/p-1/b18-17+;/t37?,38-;/m1./s1/i2D3,4D2,6D2,8D2,10D2,12D2,14D2,16D2,19D2,21D2,23D2,25D2,27D2,29D2,31D2;. The van der Waals surface area contributed by atoms with E-state index in [9.17, 15) is 24.2 Å². The maximum atomic E-state index is 13.4. The van der Waals surface area contributed by atoms with E-state index in [0.29, 0.717) is 12.8 Å². The monoisotopic (exact) mass is 802 g/mol. The molecule has 0 rings (SSSR count). The fourth-order valence-electron chi connectivity index (χ4n) is 3.77. The molecule has 12 heteroatoms. The minimum atomic E-state index is -5.47. The maximum absolute atomic E-state index is 13.4. The van der Waals surface area contributed by atoms with Gasteiger partial charge in [-0.15, -0.1) is 0 Å². The van der Waals surface area contributed by atoms with Crippen molar-refractivity contribution in [3.05, 3.63) is 12.2 Å². The first-order chi connectivity index (χ1) is 36.4. The summed E-state index contributed by atoms with van der Waals surface area (Å²) in [6.45, 7) is -6.85. The molecule has 0 aliphatic rings. The fraction of sp³-hybridized carbons (Fsp3) is 0.900. The molecule has 52 heavy (non-hydrogen) atoms. The van der Waals surface area contributed by atoms with Crippen molar-refractivity contribution in [2.45, 2.75) is 205 Å². The van der Waals surface area contributed by atoms with E-state index < -0.39 is 154 Å². The molecule has 0 heterocycles. The average Bonchev–Trinajstić information content (AvgIpc) is 3.33. The molecular weight excluding hydrogens is 694 g/mol. The number of aliphatic hydroxyl groups excluding tert-OH is 2. The summed E-state index contributed by atoms with van der Waals surface area (Å²) in [5.74, 6) is -3.65. The van der Waals surface area contributed by atoms with E-state index in [1.807, 2.05) is 0 Å². The molecule has 0 radical (unpaired) electrons. The third-order valence-electron chi connectivity index (χ3n) is 6.31. The quantitative estimate of drug-likeness (QED) is 0.0223. The number of unbranched alkanes of at least 4 members (excludes halogenated alkanes) is 11. The predicted octanol–water partition coefficient (Wildman–Crippen LogP) is 6.82. The van der Waals surface area contributed by atoms with Crippen LogP contribution in [0.15, 0.2) is 12.2 Å². The molecular formula is C40H76NaO10P. The van der Waals surface area contributed by atoms with Gasteiger partial charge >= 0.3 is 41.5 Å². The Morgan fingerprint density at radius 3 is 1.79 bits per heavy atom. The summed E-state index contributed by atoms with van der Waals surface area (Å²) in [5.41, 5.74) is 0. The van der Waals surface area contributed by atoms with Gasteiger partial charge in [-0.3, -0.25) is 14.2 Å². The van der Waals surface area contributed by atoms with Crippen LogP contribution in [0.3, 0.4) is 0 Å². The Labute approximate surface area is 383 Å². The number of esters is 2. The Bertz CT molecular complexity index is 2130. The van der Waals surface area contributed by atoms with Gasteiger partial charge in [0.15, 0.2) is 6.10 Å². The zero-order chi connectivity index (χ0) is 65.3. The molecule has 3 atom stereocenters. The average molecular weight is 802 g/mol. The molecule has 302 valence electrons. The van der Waals surface area contributed by atoms with E-state index in [4.69, 9.17) is 57.1 Å². The van der Waals surface area contributed by atoms with E-state index in [0.717, 1.165) is 38.5 Å². The summed E-state index contributed by atoms with van der Waals surface area (Å²) >= 11 is 0. The van der Waals surface area contributed by atoms with Gasteiger partial charge in [-0.1, -0.05) is 154 Å². The first-order valence-electron chi connectivity index (χ1n) is 32.3. The molecule has 2 N–H and O–H groups in total. The topological polar surface area (TPSA) is 152 Å². The molecule has 0 amide bonds. The Balaban J connectivity index is 0. The van der Waals surface area contributed by atoms with Gasteiger partial charge in [0, 0.05) is 55.3 Å². The summed E-state index contributed by atoms with van der Waals surface area (Å²) < 4.78 is 285. The van der Waals surface area contributed by atoms with Crippen LogP contribution in [0.25, 0.3) is 0 Å². The molecule has 0 aromatic rings. The van der Waals surface area contributed by atoms with E-state index in [1.54, 1.807) is 0 Å². The van der Waals surface area contributed by atoms with Crippen LogP contribution in [0.2, 0.25) is 0 Å². The van der Waals surface area contributed by atoms with Crippen LogP contribution in [-0.2, 0) is 32.7 Å². The van der Waals surface area contributed by atoms with Gasteiger partial charge in [-0.05, 0) is 38.5 Å². The van der Waals surface area contributed by atoms with Crippen LogP contribution in [0.4, 0.5) is 0 Å². The van der Waals surface area contributed by atoms with Crippen LogP contribution in [0, 0.1) is 0 Å². The van der Waals surface area contributed by atoms with Gasteiger partial charge in [0.1, 0.15) is 12.7 Å². The van der Waals surface area contributed by atoms with Crippen molar-refractivity contribution >= 4 is 19.8 Å². The summed E-state index contributed by atoms with van der Waals surface area (Å²) in [6, 6.07) is 0. The Morgan fingerprint density at radius 1 is 0.731 bits per heavy atom. The number of ether oxygens (including phenoxy) is 2. The second-order valence-electron chi connectivity index (χ2n) is 10.7. The molecule has 0 fully saturated rings. The van der Waals surface area contributed by atoms with Gasteiger partial charge in [-0.2, -0.15) is 0 Å². The fourth-order valence-corrected chi connectivity index (χ4v) is 4.55. The van der Waals surface area contributed by atoms with Crippen LogP contribution in [-0.4, -0.2) is 60.8 Å². The van der Waals surface area contributed by atoms with Crippen LogP contribution in [0.1, 0.15) is 235 Å². The Hall–Kier alpha value is -0.290. The van der Waals surface area contributed by atoms with Gasteiger partial charge in [0.2, 0.25) is 0 Å². The number of carbonyl (C=O) groups excluding carboxylic acids is 2. The number of allylic oxidation sites excluding steroid dienone is 2. The van der Waals surface area contributed by atoms with Crippen molar-refractivity contribution in [2.24, 2.45) is 0 Å². The maximum Gasteiger partial charge on any atom is 1.00 e. The molecule has 0 bridgehead atoms.